The monoisotopic (exact) mass is 232 g/mol. The van der Waals surface area contributed by atoms with E-state index in [1.807, 2.05) is 12.1 Å². The van der Waals surface area contributed by atoms with Crippen molar-refractivity contribution in [2.24, 2.45) is 5.73 Å². The molecule has 0 aliphatic heterocycles. The Hall–Kier alpha value is -1.79. The van der Waals surface area contributed by atoms with Crippen molar-refractivity contribution < 1.29 is 0 Å². The zero-order valence-electron chi connectivity index (χ0n) is 9.74. The third-order valence-corrected chi connectivity index (χ3v) is 2.60. The summed E-state index contributed by atoms with van der Waals surface area (Å²) in [6, 6.07) is 8.40. The van der Waals surface area contributed by atoms with Crippen LogP contribution in [-0.4, -0.2) is 33.3 Å². The normalized spacial score (nSPS) is 12.6. The van der Waals surface area contributed by atoms with E-state index in [0.29, 0.717) is 12.6 Å². The van der Waals surface area contributed by atoms with E-state index in [9.17, 15) is 0 Å². The first kappa shape index (κ1) is 11.7. The van der Waals surface area contributed by atoms with Crippen LogP contribution >= 0.6 is 0 Å². The molecule has 2 rings (SSSR count). The van der Waals surface area contributed by atoms with Crippen molar-refractivity contribution in [1.82, 2.24) is 25.5 Å². The van der Waals surface area contributed by atoms with Crippen molar-refractivity contribution in [1.29, 1.82) is 0 Å². The maximum Gasteiger partial charge on any atom is 0.143 e. The predicted octanol–water partition coefficient (Wildman–Crippen LogP) is 0.272. The van der Waals surface area contributed by atoms with Crippen LogP contribution in [0.15, 0.2) is 30.6 Å². The highest BCUT2D eigenvalue weighted by atomic mass is 15.5. The average Bonchev–Trinajstić information content (AvgIpc) is 2.90. The molecule has 0 saturated heterocycles. The molecule has 3 N–H and O–H groups in total. The Labute approximate surface area is 99.8 Å². The molecule has 0 bridgehead atoms. The van der Waals surface area contributed by atoms with Crippen molar-refractivity contribution in [3.63, 3.8) is 0 Å². The Morgan fingerprint density at radius 3 is 2.71 bits per heavy atom. The minimum absolute atomic E-state index is 0.293. The second-order valence-electron chi connectivity index (χ2n) is 3.81. The van der Waals surface area contributed by atoms with Gasteiger partial charge in [-0.05, 0) is 35.0 Å². The van der Waals surface area contributed by atoms with E-state index in [0.717, 1.165) is 12.2 Å². The van der Waals surface area contributed by atoms with E-state index in [-0.39, 0.29) is 0 Å². The fraction of sp³-hybridized carbons (Fsp3) is 0.364. The van der Waals surface area contributed by atoms with Crippen LogP contribution in [0.2, 0.25) is 0 Å². The summed E-state index contributed by atoms with van der Waals surface area (Å²) in [5.74, 6) is 0. The van der Waals surface area contributed by atoms with Gasteiger partial charge in [0.15, 0.2) is 0 Å². The zero-order chi connectivity index (χ0) is 12.1. The van der Waals surface area contributed by atoms with Crippen molar-refractivity contribution in [3.8, 4) is 5.69 Å². The first-order valence-corrected chi connectivity index (χ1v) is 5.58. The Bertz CT molecular complexity index is 435. The van der Waals surface area contributed by atoms with Crippen LogP contribution < -0.4 is 11.1 Å². The Morgan fingerprint density at radius 1 is 1.35 bits per heavy atom. The number of hydrogen-bond acceptors (Lipinski definition) is 5. The van der Waals surface area contributed by atoms with Crippen molar-refractivity contribution in [3.05, 3.63) is 36.2 Å². The molecule has 1 aromatic carbocycles. The lowest BCUT2D eigenvalue weighted by atomic mass is 10.1. The Morgan fingerprint density at radius 2 is 2.12 bits per heavy atom. The third-order valence-electron chi connectivity index (χ3n) is 2.60. The van der Waals surface area contributed by atoms with Gasteiger partial charge < -0.3 is 11.1 Å². The van der Waals surface area contributed by atoms with Gasteiger partial charge in [-0.25, -0.2) is 4.68 Å². The number of aromatic nitrogens is 4. The van der Waals surface area contributed by atoms with Gasteiger partial charge >= 0.3 is 0 Å². The summed E-state index contributed by atoms with van der Waals surface area (Å²) < 4.78 is 1.63. The highest BCUT2D eigenvalue weighted by Crippen LogP contribution is 2.14. The van der Waals surface area contributed by atoms with Crippen LogP contribution in [-0.2, 0) is 0 Å². The van der Waals surface area contributed by atoms with Gasteiger partial charge in [-0.15, -0.1) is 5.10 Å². The Kier molecular flexibility index (Phi) is 3.79. The van der Waals surface area contributed by atoms with Crippen LogP contribution in [0.1, 0.15) is 18.5 Å². The summed E-state index contributed by atoms with van der Waals surface area (Å²) in [4.78, 5) is 0. The van der Waals surface area contributed by atoms with E-state index < -0.39 is 0 Å². The van der Waals surface area contributed by atoms with Gasteiger partial charge in [0.05, 0.1) is 5.69 Å². The SMILES string of the molecule is CC(NCCN)c1ccc(-n2cnnn2)cc1. The predicted molar refractivity (Wildman–Crippen MR) is 64.6 cm³/mol. The molecule has 0 aliphatic carbocycles. The molecule has 6 heteroatoms. The molecule has 90 valence electrons. The number of nitrogens with zero attached hydrogens (tertiary/aromatic N) is 4. The number of hydrogen-bond donors (Lipinski definition) is 2. The molecule has 2 aromatic rings. The molecule has 0 saturated carbocycles. The van der Waals surface area contributed by atoms with Crippen molar-refractivity contribution >= 4 is 0 Å². The van der Waals surface area contributed by atoms with Crippen molar-refractivity contribution in [2.45, 2.75) is 13.0 Å². The molecule has 1 unspecified atom stereocenters. The zero-order valence-corrected chi connectivity index (χ0v) is 9.74. The van der Waals surface area contributed by atoms with E-state index in [1.54, 1.807) is 11.0 Å². The number of benzene rings is 1. The highest BCUT2D eigenvalue weighted by Gasteiger charge is 2.04. The summed E-state index contributed by atoms with van der Waals surface area (Å²) in [7, 11) is 0. The molecule has 0 fully saturated rings. The number of tetrazole rings is 1. The summed E-state index contributed by atoms with van der Waals surface area (Å²) in [5.41, 5.74) is 7.62. The first-order valence-electron chi connectivity index (χ1n) is 5.58. The van der Waals surface area contributed by atoms with Crippen molar-refractivity contribution in [2.75, 3.05) is 13.1 Å². The quantitative estimate of drug-likeness (QED) is 0.773. The molecule has 17 heavy (non-hydrogen) atoms. The lowest BCUT2D eigenvalue weighted by Gasteiger charge is -2.13. The Balaban J connectivity index is 2.08. The van der Waals surface area contributed by atoms with Gasteiger partial charge in [-0.3, -0.25) is 0 Å². The third kappa shape index (κ3) is 2.86. The fourth-order valence-corrected chi connectivity index (χ4v) is 1.61. The van der Waals surface area contributed by atoms with Gasteiger partial charge in [-0.2, -0.15) is 0 Å². The van der Waals surface area contributed by atoms with Gasteiger partial charge in [0.1, 0.15) is 6.33 Å². The molecule has 6 nitrogen and oxygen atoms in total. The second kappa shape index (κ2) is 5.51. The van der Waals surface area contributed by atoms with E-state index in [4.69, 9.17) is 5.73 Å². The minimum Gasteiger partial charge on any atom is -0.329 e. The second-order valence-corrected chi connectivity index (χ2v) is 3.81. The van der Waals surface area contributed by atoms with Crippen LogP contribution in [0, 0.1) is 0 Å². The minimum atomic E-state index is 0.293. The molecule has 1 atom stereocenters. The molecule has 1 heterocycles. The summed E-state index contributed by atoms with van der Waals surface area (Å²) in [5, 5.41) is 14.4. The fourth-order valence-electron chi connectivity index (χ4n) is 1.61. The maximum absolute atomic E-state index is 5.46. The van der Waals surface area contributed by atoms with Gasteiger partial charge in [0, 0.05) is 19.1 Å². The molecular weight excluding hydrogens is 216 g/mol. The van der Waals surface area contributed by atoms with Gasteiger partial charge in [0.2, 0.25) is 0 Å². The van der Waals surface area contributed by atoms with Crippen LogP contribution in [0.4, 0.5) is 0 Å². The van der Waals surface area contributed by atoms with Crippen LogP contribution in [0.25, 0.3) is 5.69 Å². The molecule has 0 aliphatic rings. The number of nitrogens with two attached hydrogens (primary N) is 1. The average molecular weight is 232 g/mol. The summed E-state index contributed by atoms with van der Waals surface area (Å²) in [6.45, 7) is 3.57. The molecule has 0 amide bonds. The number of nitrogens with one attached hydrogen (secondary N) is 1. The van der Waals surface area contributed by atoms with E-state index >= 15 is 0 Å². The largest absolute Gasteiger partial charge is 0.329 e. The van der Waals surface area contributed by atoms with E-state index in [1.165, 1.54) is 5.56 Å². The molecular formula is C11H16N6. The van der Waals surface area contributed by atoms with Crippen LogP contribution in [0.5, 0.6) is 0 Å². The van der Waals surface area contributed by atoms with Crippen LogP contribution in [0.3, 0.4) is 0 Å². The lowest BCUT2D eigenvalue weighted by molar-refractivity contribution is 0.582. The summed E-state index contributed by atoms with van der Waals surface area (Å²) >= 11 is 0. The maximum atomic E-state index is 5.46. The lowest BCUT2D eigenvalue weighted by Crippen LogP contribution is -2.25. The summed E-state index contributed by atoms with van der Waals surface area (Å²) in [6.07, 6.45) is 1.57. The van der Waals surface area contributed by atoms with Gasteiger partial charge in [-0.1, -0.05) is 12.1 Å². The standard InChI is InChI=1S/C11H16N6/c1-9(13-7-6-12)10-2-4-11(5-3-10)17-8-14-15-16-17/h2-5,8-9,13H,6-7,12H2,1H3. The van der Waals surface area contributed by atoms with E-state index in [2.05, 4.69) is 39.9 Å². The van der Waals surface area contributed by atoms with Gasteiger partial charge in [0.25, 0.3) is 0 Å². The smallest absolute Gasteiger partial charge is 0.143 e. The molecule has 1 aromatic heterocycles. The first-order chi connectivity index (χ1) is 8.31. The molecule has 0 spiro atoms. The topological polar surface area (TPSA) is 81.6 Å². The number of rotatable bonds is 5. The molecule has 0 radical (unpaired) electrons. The highest BCUT2D eigenvalue weighted by molar-refractivity contribution is 5.34.